The van der Waals surface area contributed by atoms with Gasteiger partial charge in [-0.05, 0) is 0 Å². The van der Waals surface area contributed by atoms with Gasteiger partial charge in [0.05, 0.1) is 0 Å². The fourth-order valence-electron chi connectivity index (χ4n) is 0.966. The van der Waals surface area contributed by atoms with Gasteiger partial charge in [-0.1, -0.05) is 0 Å². The summed E-state index contributed by atoms with van der Waals surface area (Å²) < 4.78 is -0.547. The Balaban J connectivity index is 2.21. The molecular weight excluding hydrogens is 257 g/mol. The van der Waals surface area contributed by atoms with Gasteiger partial charge in [0.1, 0.15) is 0 Å². The van der Waals surface area contributed by atoms with Crippen LogP contribution in [0.3, 0.4) is 0 Å². The molecule has 0 spiro atoms. The van der Waals surface area contributed by atoms with Crippen LogP contribution in [0, 0.1) is 11.8 Å². The number of hydrogen-bond donors (Lipinski definition) is 2. The summed E-state index contributed by atoms with van der Waals surface area (Å²) in [5.41, 5.74) is 0. The van der Waals surface area contributed by atoms with Crippen LogP contribution in [0.1, 0.15) is 13.3 Å². The molecule has 4 heteroatoms. The first-order valence-electron chi connectivity index (χ1n) is 3.61. The summed E-state index contributed by atoms with van der Waals surface area (Å²) in [6.07, 6.45) is 0.987. The zero-order chi connectivity index (χ0) is 8.43. The summed E-state index contributed by atoms with van der Waals surface area (Å²) in [7, 11) is 0. The molecule has 0 aromatic rings. The molecule has 1 rings (SSSR count). The predicted octanol–water partition coefficient (Wildman–Crippen LogP) is -3.25. The Kier molecular flexibility index (Phi) is 3.12. The van der Waals surface area contributed by atoms with E-state index in [2.05, 4.69) is 12.2 Å². The van der Waals surface area contributed by atoms with Gasteiger partial charge in [-0.3, -0.25) is 0 Å². The fraction of sp³-hybridized carbons (Fsp3) is 0.857. The molecule has 1 aliphatic rings. The number of aliphatic hydroxyl groups excluding tert-OH is 1. The van der Waals surface area contributed by atoms with Crippen molar-refractivity contribution in [2.75, 3.05) is 4.93 Å². The van der Waals surface area contributed by atoms with E-state index in [0.717, 1.165) is 6.42 Å². The summed E-state index contributed by atoms with van der Waals surface area (Å²) in [6.45, 7) is 2.05. The molecule has 66 valence electrons. The number of halogens is 1. The van der Waals surface area contributed by atoms with Crippen molar-refractivity contribution in [3.05, 3.63) is 0 Å². The number of aliphatic hydroxyl groups is 1. The molecule has 0 aromatic heterocycles. The third-order valence-electron chi connectivity index (χ3n) is 1.91. The number of amides is 1. The van der Waals surface area contributed by atoms with Crippen molar-refractivity contribution in [2.24, 2.45) is 11.8 Å². The zero-order valence-electron chi connectivity index (χ0n) is 6.67. The van der Waals surface area contributed by atoms with Crippen LogP contribution in [0.2, 0.25) is 0 Å². The van der Waals surface area contributed by atoms with Crippen LogP contribution in [0.5, 0.6) is 0 Å². The molecule has 0 aromatic carbocycles. The molecule has 1 amide bonds. The number of rotatable bonds is 3. The summed E-state index contributed by atoms with van der Waals surface area (Å²) in [6, 6.07) is 0. The van der Waals surface area contributed by atoms with E-state index in [0.29, 0.717) is 5.92 Å². The van der Waals surface area contributed by atoms with Gasteiger partial charge in [0.15, 0.2) is 0 Å². The van der Waals surface area contributed by atoms with E-state index in [-0.39, 0.29) is 33.0 Å². The molecule has 0 aliphatic heterocycles. The monoisotopic (exact) mass is 270 g/mol. The minimum absolute atomic E-state index is 0.0338. The van der Waals surface area contributed by atoms with E-state index in [1.807, 2.05) is 4.93 Å². The molecule has 1 aliphatic carbocycles. The molecule has 0 radical (unpaired) electrons. The van der Waals surface area contributed by atoms with Gasteiger partial charge in [0.2, 0.25) is 0 Å². The van der Waals surface area contributed by atoms with E-state index in [4.69, 9.17) is 5.11 Å². The first kappa shape index (κ1) is 9.25. The van der Waals surface area contributed by atoms with Crippen molar-refractivity contribution in [3.63, 3.8) is 0 Å². The Labute approximate surface area is 76.8 Å². The third-order valence-corrected chi connectivity index (χ3v) is 3.41. The van der Waals surface area contributed by atoms with Gasteiger partial charge in [-0.15, -0.1) is 0 Å². The summed E-state index contributed by atoms with van der Waals surface area (Å²) >= 11 is -0.278. The van der Waals surface area contributed by atoms with Crippen molar-refractivity contribution >= 4 is 5.91 Å². The second kappa shape index (κ2) is 3.71. The van der Waals surface area contributed by atoms with Gasteiger partial charge in [-0.2, -0.15) is 0 Å². The van der Waals surface area contributed by atoms with Crippen molar-refractivity contribution in [1.29, 1.82) is 0 Å². The summed E-state index contributed by atoms with van der Waals surface area (Å²) in [4.78, 5) is 13.1. The maximum atomic E-state index is 11.1. The third kappa shape index (κ3) is 2.59. The Bertz CT molecular complexity index is 163. The van der Waals surface area contributed by atoms with E-state index >= 15 is 0 Å². The van der Waals surface area contributed by atoms with Crippen LogP contribution >= 0.6 is 0 Å². The van der Waals surface area contributed by atoms with E-state index < -0.39 is 4.23 Å². The molecular formula is C7H13INO2-. The van der Waals surface area contributed by atoms with Crippen LogP contribution in [-0.2, 0) is 4.79 Å². The van der Waals surface area contributed by atoms with Crippen molar-refractivity contribution in [1.82, 2.24) is 5.32 Å². The second-order valence-corrected chi connectivity index (χ2v) is 5.31. The van der Waals surface area contributed by atoms with E-state index in [9.17, 15) is 4.79 Å². The Morgan fingerprint density at radius 3 is 2.73 bits per heavy atom. The number of carbonyl (C=O) groups is 1. The van der Waals surface area contributed by atoms with Gasteiger partial charge in [-0.25, -0.2) is 0 Å². The van der Waals surface area contributed by atoms with Crippen LogP contribution in [0.15, 0.2) is 0 Å². The van der Waals surface area contributed by atoms with Gasteiger partial charge in [0.25, 0.3) is 0 Å². The molecule has 3 unspecified atom stereocenters. The van der Waals surface area contributed by atoms with Gasteiger partial charge in [0, 0.05) is 0 Å². The first-order valence-corrected chi connectivity index (χ1v) is 7.02. The Morgan fingerprint density at radius 2 is 2.36 bits per heavy atom. The normalized spacial score (nSPS) is 31.5. The summed E-state index contributed by atoms with van der Waals surface area (Å²) in [5.74, 6) is 0.740. The van der Waals surface area contributed by atoms with Crippen molar-refractivity contribution in [2.45, 2.75) is 17.6 Å². The average molecular weight is 270 g/mol. The first-order chi connectivity index (χ1) is 5.15. The van der Waals surface area contributed by atoms with Crippen molar-refractivity contribution in [3.8, 4) is 0 Å². The summed E-state index contributed by atoms with van der Waals surface area (Å²) in [5, 5.41) is 11.7. The topological polar surface area (TPSA) is 49.3 Å². The molecule has 11 heavy (non-hydrogen) atoms. The van der Waals surface area contributed by atoms with Crippen LogP contribution in [-0.4, -0.2) is 20.2 Å². The van der Waals surface area contributed by atoms with E-state index in [1.165, 1.54) is 0 Å². The Morgan fingerprint density at radius 1 is 1.82 bits per heavy atom. The molecule has 0 bridgehead atoms. The average Bonchev–Trinajstić information content (AvgIpc) is 2.66. The SMILES string of the molecule is C[I-]C(O)NC(=O)C1CC1C. The van der Waals surface area contributed by atoms with Crippen molar-refractivity contribution < 1.29 is 31.1 Å². The fourth-order valence-corrected chi connectivity index (χ4v) is 1.58. The molecule has 2 N–H and O–H groups in total. The van der Waals surface area contributed by atoms with Gasteiger partial charge >= 0.3 is 76.7 Å². The molecule has 0 saturated heterocycles. The molecule has 3 nitrogen and oxygen atoms in total. The standard InChI is InChI=1S/C7H13INO2/c1-4-3-5(4)6(10)9-7(11)8-2/h4-5,7,11H,3H2,1-2H3,(H,9,10)/q-1. The number of carbonyl (C=O) groups excluding carboxylic acids is 1. The second-order valence-electron chi connectivity index (χ2n) is 2.88. The molecule has 3 atom stereocenters. The molecule has 0 heterocycles. The molecule has 1 saturated carbocycles. The minimum atomic E-state index is -0.547. The van der Waals surface area contributed by atoms with Gasteiger partial charge < -0.3 is 0 Å². The number of hydrogen-bond acceptors (Lipinski definition) is 2. The maximum absolute atomic E-state index is 11.1. The quantitative estimate of drug-likeness (QED) is 0.245. The van der Waals surface area contributed by atoms with Crippen LogP contribution in [0.25, 0.3) is 0 Å². The van der Waals surface area contributed by atoms with Crippen LogP contribution < -0.4 is 26.5 Å². The predicted molar refractivity (Wildman–Crippen MR) is 37.3 cm³/mol. The zero-order valence-corrected chi connectivity index (χ0v) is 8.83. The number of nitrogens with one attached hydrogen (secondary N) is 1. The number of alkyl halides is 2. The van der Waals surface area contributed by atoms with E-state index in [1.54, 1.807) is 0 Å². The molecule has 1 fully saturated rings. The Hall–Kier alpha value is 0.160. The van der Waals surface area contributed by atoms with Crippen LogP contribution in [0.4, 0.5) is 0 Å².